The molecule has 1 amide bonds. The minimum atomic E-state index is -0.830. The summed E-state index contributed by atoms with van der Waals surface area (Å²) in [7, 11) is 0. The first kappa shape index (κ1) is 12.4. The quantitative estimate of drug-likeness (QED) is 0.746. The number of rotatable bonds is 5. The van der Waals surface area contributed by atoms with Crippen LogP contribution >= 0.6 is 0 Å². The van der Waals surface area contributed by atoms with Gasteiger partial charge in [-0.05, 0) is 19.3 Å². The van der Waals surface area contributed by atoms with Crippen molar-refractivity contribution in [2.45, 2.75) is 32.1 Å². The molecule has 1 saturated carbocycles. The van der Waals surface area contributed by atoms with E-state index in [1.165, 1.54) is 0 Å². The summed E-state index contributed by atoms with van der Waals surface area (Å²) in [4.78, 5) is 22.8. The lowest BCUT2D eigenvalue weighted by Gasteiger charge is -2.37. The van der Waals surface area contributed by atoms with E-state index >= 15 is 0 Å². The van der Waals surface area contributed by atoms with E-state index in [0.29, 0.717) is 31.9 Å². The fourth-order valence-corrected chi connectivity index (χ4v) is 2.44. The molecule has 5 heteroatoms. The van der Waals surface area contributed by atoms with Gasteiger partial charge in [-0.3, -0.25) is 9.59 Å². The predicted molar refractivity (Wildman–Crippen MR) is 60.5 cm³/mol. The van der Waals surface area contributed by atoms with Crippen molar-refractivity contribution in [2.75, 3.05) is 19.8 Å². The molecule has 96 valence electrons. The number of nitrogens with one attached hydrogen (secondary N) is 1. The Morgan fingerprint density at radius 2 is 2.18 bits per heavy atom. The topological polar surface area (TPSA) is 75.6 Å². The summed E-state index contributed by atoms with van der Waals surface area (Å²) in [6, 6.07) is 0. The molecule has 0 aromatic rings. The van der Waals surface area contributed by atoms with E-state index in [1.807, 2.05) is 0 Å². The molecule has 1 aliphatic carbocycles. The highest BCUT2D eigenvalue weighted by atomic mass is 16.5. The van der Waals surface area contributed by atoms with Crippen molar-refractivity contribution < 1.29 is 19.4 Å². The zero-order chi connectivity index (χ0) is 12.3. The van der Waals surface area contributed by atoms with Crippen LogP contribution in [-0.4, -0.2) is 36.7 Å². The third-order valence-corrected chi connectivity index (χ3v) is 3.88. The molecule has 5 nitrogen and oxygen atoms in total. The Morgan fingerprint density at radius 3 is 2.65 bits per heavy atom. The van der Waals surface area contributed by atoms with Crippen LogP contribution in [0.15, 0.2) is 0 Å². The summed E-state index contributed by atoms with van der Waals surface area (Å²) < 4.78 is 5.22. The first-order chi connectivity index (χ1) is 8.12. The SMILES string of the molecule is O=C(CC1(C(=O)O)CCC1)NCC1CCOC1. The Labute approximate surface area is 101 Å². The third-order valence-electron chi connectivity index (χ3n) is 3.88. The summed E-state index contributed by atoms with van der Waals surface area (Å²) in [5.41, 5.74) is -0.781. The van der Waals surface area contributed by atoms with Gasteiger partial charge < -0.3 is 15.2 Å². The van der Waals surface area contributed by atoms with E-state index in [9.17, 15) is 9.59 Å². The molecule has 0 spiro atoms. The van der Waals surface area contributed by atoms with E-state index in [2.05, 4.69) is 5.32 Å². The van der Waals surface area contributed by atoms with Gasteiger partial charge in [0, 0.05) is 25.5 Å². The first-order valence-electron chi connectivity index (χ1n) is 6.20. The molecule has 1 unspecified atom stereocenters. The van der Waals surface area contributed by atoms with Gasteiger partial charge in [0.1, 0.15) is 0 Å². The molecule has 0 aromatic heterocycles. The Morgan fingerprint density at radius 1 is 1.41 bits per heavy atom. The molecule has 2 rings (SSSR count). The average molecular weight is 241 g/mol. The summed E-state index contributed by atoms with van der Waals surface area (Å²) in [6.07, 6.45) is 3.26. The lowest BCUT2D eigenvalue weighted by atomic mass is 9.66. The molecule has 1 aliphatic heterocycles. The molecule has 2 fully saturated rings. The van der Waals surface area contributed by atoms with Crippen LogP contribution in [-0.2, 0) is 14.3 Å². The minimum absolute atomic E-state index is 0.121. The summed E-state index contributed by atoms with van der Waals surface area (Å²) in [5.74, 6) is -0.580. The van der Waals surface area contributed by atoms with Crippen molar-refractivity contribution in [1.29, 1.82) is 0 Å². The molecule has 1 heterocycles. The van der Waals surface area contributed by atoms with Gasteiger partial charge in [-0.1, -0.05) is 6.42 Å². The van der Waals surface area contributed by atoms with Crippen LogP contribution in [0.2, 0.25) is 0 Å². The zero-order valence-electron chi connectivity index (χ0n) is 9.91. The van der Waals surface area contributed by atoms with Crippen LogP contribution < -0.4 is 5.32 Å². The number of carboxylic acids is 1. The fraction of sp³-hybridized carbons (Fsp3) is 0.833. The Kier molecular flexibility index (Phi) is 3.66. The van der Waals surface area contributed by atoms with E-state index in [0.717, 1.165) is 19.4 Å². The molecule has 1 atom stereocenters. The molecule has 0 bridgehead atoms. The maximum Gasteiger partial charge on any atom is 0.310 e. The third kappa shape index (κ3) is 2.77. The van der Waals surface area contributed by atoms with Crippen LogP contribution in [0.1, 0.15) is 32.1 Å². The smallest absolute Gasteiger partial charge is 0.310 e. The van der Waals surface area contributed by atoms with Crippen LogP contribution in [0.4, 0.5) is 0 Å². The highest BCUT2D eigenvalue weighted by Gasteiger charge is 2.45. The number of carbonyl (C=O) groups is 2. The number of hydrogen-bond donors (Lipinski definition) is 2. The highest BCUT2D eigenvalue weighted by molar-refractivity contribution is 5.85. The van der Waals surface area contributed by atoms with Gasteiger partial charge in [0.15, 0.2) is 0 Å². The molecular weight excluding hydrogens is 222 g/mol. The maximum absolute atomic E-state index is 11.7. The van der Waals surface area contributed by atoms with E-state index < -0.39 is 11.4 Å². The van der Waals surface area contributed by atoms with E-state index in [1.54, 1.807) is 0 Å². The standard InChI is InChI=1S/C12H19NO4/c14-10(13-7-9-2-5-17-8-9)6-12(11(15)16)3-1-4-12/h9H,1-8H2,(H,13,14)(H,15,16). The predicted octanol–water partition coefficient (Wildman–Crippen LogP) is 0.784. The number of ether oxygens (including phenoxy) is 1. The molecule has 1 saturated heterocycles. The van der Waals surface area contributed by atoms with Crippen LogP contribution in [0.3, 0.4) is 0 Å². The number of hydrogen-bond acceptors (Lipinski definition) is 3. The molecule has 2 aliphatic rings. The van der Waals surface area contributed by atoms with Crippen LogP contribution in [0, 0.1) is 11.3 Å². The summed E-state index contributed by atoms with van der Waals surface area (Å²) >= 11 is 0. The maximum atomic E-state index is 11.7. The van der Waals surface area contributed by atoms with Crippen LogP contribution in [0.25, 0.3) is 0 Å². The van der Waals surface area contributed by atoms with Gasteiger partial charge in [0.05, 0.1) is 12.0 Å². The first-order valence-corrected chi connectivity index (χ1v) is 6.20. The van der Waals surface area contributed by atoms with Crippen molar-refractivity contribution in [3.8, 4) is 0 Å². The molecule has 17 heavy (non-hydrogen) atoms. The van der Waals surface area contributed by atoms with Gasteiger partial charge in [-0.25, -0.2) is 0 Å². The van der Waals surface area contributed by atoms with Crippen molar-refractivity contribution >= 4 is 11.9 Å². The molecule has 2 N–H and O–H groups in total. The van der Waals surface area contributed by atoms with Crippen LogP contribution in [0.5, 0.6) is 0 Å². The van der Waals surface area contributed by atoms with Crippen molar-refractivity contribution in [1.82, 2.24) is 5.32 Å². The van der Waals surface area contributed by atoms with Gasteiger partial charge in [0.25, 0.3) is 0 Å². The number of amides is 1. The van der Waals surface area contributed by atoms with Gasteiger partial charge >= 0.3 is 5.97 Å². The second kappa shape index (κ2) is 5.04. The second-order valence-corrected chi connectivity index (χ2v) is 5.15. The average Bonchev–Trinajstić information content (AvgIpc) is 2.72. The van der Waals surface area contributed by atoms with Crippen molar-refractivity contribution in [3.05, 3.63) is 0 Å². The number of carboxylic acid groups (broad SMARTS) is 1. The highest BCUT2D eigenvalue weighted by Crippen LogP contribution is 2.44. The molecular formula is C12H19NO4. The van der Waals surface area contributed by atoms with E-state index in [-0.39, 0.29) is 12.3 Å². The second-order valence-electron chi connectivity index (χ2n) is 5.15. The minimum Gasteiger partial charge on any atom is -0.481 e. The largest absolute Gasteiger partial charge is 0.481 e. The lowest BCUT2D eigenvalue weighted by Crippen LogP contribution is -2.43. The van der Waals surface area contributed by atoms with Gasteiger partial charge in [-0.15, -0.1) is 0 Å². The normalized spacial score (nSPS) is 26.2. The van der Waals surface area contributed by atoms with E-state index in [4.69, 9.17) is 9.84 Å². The molecule has 0 radical (unpaired) electrons. The summed E-state index contributed by atoms with van der Waals surface area (Å²) in [5, 5.41) is 11.9. The van der Waals surface area contributed by atoms with Gasteiger partial charge in [-0.2, -0.15) is 0 Å². The zero-order valence-corrected chi connectivity index (χ0v) is 9.91. The Hall–Kier alpha value is -1.10. The number of carbonyl (C=O) groups excluding carboxylic acids is 1. The number of aliphatic carboxylic acids is 1. The monoisotopic (exact) mass is 241 g/mol. The van der Waals surface area contributed by atoms with Gasteiger partial charge in [0.2, 0.25) is 5.91 Å². The van der Waals surface area contributed by atoms with Crippen molar-refractivity contribution in [3.63, 3.8) is 0 Å². The fourth-order valence-electron chi connectivity index (χ4n) is 2.44. The summed E-state index contributed by atoms with van der Waals surface area (Å²) in [6.45, 7) is 2.07. The lowest BCUT2D eigenvalue weighted by molar-refractivity contribution is -0.157. The molecule has 0 aromatic carbocycles. The Bertz CT molecular complexity index is 306. The Balaban J connectivity index is 1.74. The van der Waals surface area contributed by atoms with Crippen molar-refractivity contribution in [2.24, 2.45) is 11.3 Å².